The zero-order chi connectivity index (χ0) is 12.8. The Labute approximate surface area is 101 Å². The Kier molecular flexibility index (Phi) is 4.90. The van der Waals surface area contributed by atoms with E-state index in [9.17, 15) is 4.79 Å². The standard InChI is InChI=1S/C12H19N3O2/c1-5-6-7-17-10(3)12(16)13-11-8-9(2)14-15(11)4/h5,8,10H,1,6-7H2,2-4H3,(H,13,16). The number of hydrogen-bond donors (Lipinski definition) is 1. The lowest BCUT2D eigenvalue weighted by Crippen LogP contribution is -2.28. The SMILES string of the molecule is C=CCCOC(C)C(=O)Nc1cc(C)nn1C. The third-order valence-corrected chi connectivity index (χ3v) is 2.31. The average molecular weight is 237 g/mol. The molecule has 0 aliphatic rings. The van der Waals surface area contributed by atoms with Crippen LogP contribution < -0.4 is 5.32 Å². The summed E-state index contributed by atoms with van der Waals surface area (Å²) in [5.41, 5.74) is 0.864. The summed E-state index contributed by atoms with van der Waals surface area (Å²) in [6, 6.07) is 1.81. The van der Waals surface area contributed by atoms with Crippen molar-refractivity contribution < 1.29 is 9.53 Å². The van der Waals surface area contributed by atoms with Gasteiger partial charge in [0.25, 0.3) is 5.91 Å². The smallest absolute Gasteiger partial charge is 0.254 e. The van der Waals surface area contributed by atoms with Gasteiger partial charge in [0.15, 0.2) is 0 Å². The second-order valence-corrected chi connectivity index (χ2v) is 3.87. The molecule has 5 heteroatoms. The number of hydrogen-bond acceptors (Lipinski definition) is 3. The molecule has 0 saturated carbocycles. The van der Waals surface area contributed by atoms with Gasteiger partial charge in [-0.2, -0.15) is 5.10 Å². The fourth-order valence-electron chi connectivity index (χ4n) is 1.36. The summed E-state index contributed by atoms with van der Waals surface area (Å²) < 4.78 is 6.98. The number of ether oxygens (including phenoxy) is 1. The normalized spacial score (nSPS) is 12.2. The van der Waals surface area contributed by atoms with Gasteiger partial charge in [-0.05, 0) is 20.3 Å². The number of aryl methyl sites for hydroxylation is 2. The highest BCUT2D eigenvalue weighted by Crippen LogP contribution is 2.09. The van der Waals surface area contributed by atoms with Crippen LogP contribution in [0.5, 0.6) is 0 Å². The number of amides is 1. The van der Waals surface area contributed by atoms with Crippen LogP contribution in [0.2, 0.25) is 0 Å². The lowest BCUT2D eigenvalue weighted by molar-refractivity contribution is -0.126. The molecule has 0 aromatic carbocycles. The first-order chi connectivity index (χ1) is 8.04. The first kappa shape index (κ1) is 13.4. The van der Waals surface area contributed by atoms with E-state index in [-0.39, 0.29) is 5.91 Å². The monoisotopic (exact) mass is 237 g/mol. The molecule has 1 unspecified atom stereocenters. The van der Waals surface area contributed by atoms with Gasteiger partial charge in [-0.15, -0.1) is 6.58 Å². The number of aromatic nitrogens is 2. The Hall–Kier alpha value is -1.62. The molecule has 1 amide bonds. The van der Waals surface area contributed by atoms with Crippen LogP contribution in [0.25, 0.3) is 0 Å². The topological polar surface area (TPSA) is 56.1 Å². The van der Waals surface area contributed by atoms with Crippen molar-refractivity contribution in [1.29, 1.82) is 0 Å². The van der Waals surface area contributed by atoms with E-state index < -0.39 is 6.10 Å². The van der Waals surface area contributed by atoms with Crippen molar-refractivity contribution in [3.8, 4) is 0 Å². The molecule has 0 spiro atoms. The van der Waals surface area contributed by atoms with Crippen molar-refractivity contribution >= 4 is 11.7 Å². The Morgan fingerprint density at radius 3 is 3.00 bits per heavy atom. The van der Waals surface area contributed by atoms with Crippen LogP contribution in [0.4, 0.5) is 5.82 Å². The minimum Gasteiger partial charge on any atom is -0.368 e. The van der Waals surface area contributed by atoms with Crippen molar-refractivity contribution in [2.24, 2.45) is 7.05 Å². The van der Waals surface area contributed by atoms with Gasteiger partial charge >= 0.3 is 0 Å². The highest BCUT2D eigenvalue weighted by Gasteiger charge is 2.14. The molecular weight excluding hydrogens is 218 g/mol. The Morgan fingerprint density at radius 2 is 2.47 bits per heavy atom. The zero-order valence-corrected chi connectivity index (χ0v) is 10.6. The molecule has 1 aromatic rings. The average Bonchev–Trinajstić information content (AvgIpc) is 2.57. The summed E-state index contributed by atoms with van der Waals surface area (Å²) in [4.78, 5) is 11.8. The summed E-state index contributed by atoms with van der Waals surface area (Å²) in [5.74, 6) is 0.503. The number of carbonyl (C=O) groups is 1. The highest BCUT2D eigenvalue weighted by molar-refractivity contribution is 5.93. The van der Waals surface area contributed by atoms with Gasteiger partial charge in [0.05, 0.1) is 12.3 Å². The van der Waals surface area contributed by atoms with Crippen molar-refractivity contribution in [2.45, 2.75) is 26.4 Å². The lowest BCUT2D eigenvalue weighted by Gasteiger charge is -2.12. The van der Waals surface area contributed by atoms with E-state index in [1.54, 1.807) is 24.7 Å². The molecule has 0 aliphatic carbocycles. The van der Waals surface area contributed by atoms with Crippen LogP contribution in [0, 0.1) is 6.92 Å². The summed E-state index contributed by atoms with van der Waals surface area (Å²) >= 11 is 0. The van der Waals surface area contributed by atoms with Crippen molar-refractivity contribution in [3.05, 3.63) is 24.4 Å². The van der Waals surface area contributed by atoms with E-state index in [0.29, 0.717) is 12.4 Å². The summed E-state index contributed by atoms with van der Waals surface area (Å²) in [6.45, 7) is 7.69. The quantitative estimate of drug-likeness (QED) is 0.604. The molecule has 5 nitrogen and oxygen atoms in total. The van der Waals surface area contributed by atoms with Gasteiger partial charge in [-0.3, -0.25) is 9.48 Å². The Bertz CT molecular complexity index is 398. The molecule has 0 aliphatic heterocycles. The van der Waals surface area contributed by atoms with Crippen molar-refractivity contribution in [3.63, 3.8) is 0 Å². The summed E-state index contributed by atoms with van der Waals surface area (Å²) in [5, 5.41) is 6.92. The van der Waals surface area contributed by atoms with Crippen molar-refractivity contribution in [2.75, 3.05) is 11.9 Å². The number of nitrogens with zero attached hydrogens (tertiary/aromatic N) is 2. The van der Waals surface area contributed by atoms with Gasteiger partial charge in [0.2, 0.25) is 0 Å². The number of nitrogens with one attached hydrogen (secondary N) is 1. The maximum absolute atomic E-state index is 11.8. The number of rotatable bonds is 6. The van der Waals surface area contributed by atoms with Crippen LogP contribution in [-0.2, 0) is 16.6 Å². The van der Waals surface area contributed by atoms with Crippen LogP contribution >= 0.6 is 0 Å². The molecule has 1 aromatic heterocycles. The first-order valence-corrected chi connectivity index (χ1v) is 5.58. The van der Waals surface area contributed by atoms with Crippen LogP contribution in [0.1, 0.15) is 19.0 Å². The fraction of sp³-hybridized carbons (Fsp3) is 0.500. The molecule has 17 heavy (non-hydrogen) atoms. The fourth-order valence-corrected chi connectivity index (χ4v) is 1.36. The minimum absolute atomic E-state index is 0.169. The van der Waals surface area contributed by atoms with E-state index in [4.69, 9.17) is 4.74 Å². The zero-order valence-electron chi connectivity index (χ0n) is 10.6. The third-order valence-electron chi connectivity index (χ3n) is 2.31. The van der Waals surface area contributed by atoms with Gasteiger partial charge in [-0.1, -0.05) is 6.08 Å². The molecule has 0 bridgehead atoms. The molecular formula is C12H19N3O2. The molecule has 94 valence electrons. The van der Waals surface area contributed by atoms with E-state index in [0.717, 1.165) is 12.1 Å². The van der Waals surface area contributed by atoms with Crippen LogP contribution in [0.15, 0.2) is 18.7 Å². The second kappa shape index (κ2) is 6.20. The molecule has 0 fully saturated rings. The first-order valence-electron chi connectivity index (χ1n) is 5.58. The van der Waals surface area contributed by atoms with E-state index in [1.807, 2.05) is 13.0 Å². The van der Waals surface area contributed by atoms with Crippen LogP contribution in [-0.4, -0.2) is 28.4 Å². The summed E-state index contributed by atoms with van der Waals surface area (Å²) in [6.07, 6.45) is 2.02. The number of anilines is 1. The molecule has 0 saturated heterocycles. The predicted molar refractivity (Wildman–Crippen MR) is 66.8 cm³/mol. The third kappa shape index (κ3) is 4.03. The van der Waals surface area contributed by atoms with Crippen LogP contribution in [0.3, 0.4) is 0 Å². The van der Waals surface area contributed by atoms with E-state index in [1.165, 1.54) is 0 Å². The van der Waals surface area contributed by atoms with Gasteiger partial charge in [0, 0.05) is 13.1 Å². The number of carbonyl (C=O) groups excluding carboxylic acids is 1. The maximum Gasteiger partial charge on any atom is 0.254 e. The molecule has 0 radical (unpaired) electrons. The molecule has 1 heterocycles. The largest absolute Gasteiger partial charge is 0.368 e. The van der Waals surface area contributed by atoms with Gasteiger partial charge < -0.3 is 10.1 Å². The summed E-state index contributed by atoms with van der Waals surface area (Å²) in [7, 11) is 1.78. The molecule has 1 rings (SSSR count). The maximum atomic E-state index is 11.8. The van der Waals surface area contributed by atoms with E-state index in [2.05, 4.69) is 17.0 Å². The lowest BCUT2D eigenvalue weighted by atomic mass is 10.3. The second-order valence-electron chi connectivity index (χ2n) is 3.87. The minimum atomic E-state index is -0.481. The Morgan fingerprint density at radius 1 is 1.76 bits per heavy atom. The van der Waals surface area contributed by atoms with Crippen molar-refractivity contribution in [1.82, 2.24) is 9.78 Å². The van der Waals surface area contributed by atoms with Gasteiger partial charge in [-0.25, -0.2) is 0 Å². The highest BCUT2D eigenvalue weighted by atomic mass is 16.5. The van der Waals surface area contributed by atoms with Gasteiger partial charge in [0.1, 0.15) is 11.9 Å². The Balaban J connectivity index is 2.48. The van der Waals surface area contributed by atoms with E-state index >= 15 is 0 Å². The molecule has 1 N–H and O–H groups in total. The predicted octanol–water partition coefficient (Wildman–Crippen LogP) is 1.65. The molecule has 1 atom stereocenters.